The second kappa shape index (κ2) is 6.18. The van der Waals surface area contributed by atoms with E-state index >= 15 is 0 Å². The number of aryl methyl sites for hydroxylation is 1. The van der Waals surface area contributed by atoms with Gasteiger partial charge in [0.1, 0.15) is 0 Å². The highest BCUT2D eigenvalue weighted by Crippen LogP contribution is 2.16. The smallest absolute Gasteiger partial charge is 0.0588 e. The van der Waals surface area contributed by atoms with Gasteiger partial charge in [-0.15, -0.1) is 0 Å². The van der Waals surface area contributed by atoms with E-state index in [2.05, 4.69) is 43.4 Å². The number of hydrogen-bond acceptors (Lipinski definition) is 2. The fraction of sp³-hybridized carbons (Fsp3) is 0.600. The highest BCUT2D eigenvalue weighted by molar-refractivity contribution is 5.24. The molecule has 1 aliphatic rings. The predicted octanol–water partition coefficient (Wildman–Crippen LogP) is 3.21. The number of benzene rings is 1. The molecule has 1 saturated heterocycles. The molecule has 0 aromatic heterocycles. The molecule has 94 valence electrons. The predicted molar refractivity (Wildman–Crippen MR) is 71.2 cm³/mol. The van der Waals surface area contributed by atoms with Crippen LogP contribution in [-0.2, 0) is 4.74 Å². The molecule has 2 atom stereocenters. The highest BCUT2D eigenvalue weighted by atomic mass is 16.5. The van der Waals surface area contributed by atoms with Crippen molar-refractivity contribution in [2.45, 2.75) is 45.3 Å². The average molecular weight is 233 g/mol. The third-order valence-corrected chi connectivity index (χ3v) is 3.48. The van der Waals surface area contributed by atoms with Crippen LogP contribution in [0.4, 0.5) is 0 Å². The molecule has 17 heavy (non-hydrogen) atoms. The number of ether oxygens (including phenoxy) is 1. The molecule has 2 heteroatoms. The van der Waals surface area contributed by atoms with Crippen LogP contribution in [0.2, 0.25) is 0 Å². The summed E-state index contributed by atoms with van der Waals surface area (Å²) in [4.78, 5) is 0. The Morgan fingerprint density at radius 1 is 1.47 bits per heavy atom. The zero-order chi connectivity index (χ0) is 12.1. The van der Waals surface area contributed by atoms with Crippen LogP contribution in [-0.4, -0.2) is 19.3 Å². The lowest BCUT2D eigenvalue weighted by Gasteiger charge is -2.16. The van der Waals surface area contributed by atoms with Crippen molar-refractivity contribution in [3.63, 3.8) is 0 Å². The molecule has 0 spiro atoms. The maximum absolute atomic E-state index is 5.62. The summed E-state index contributed by atoms with van der Waals surface area (Å²) >= 11 is 0. The Kier molecular flexibility index (Phi) is 4.57. The van der Waals surface area contributed by atoms with Gasteiger partial charge in [-0.05, 0) is 45.2 Å². The maximum atomic E-state index is 5.62. The zero-order valence-electron chi connectivity index (χ0n) is 10.9. The number of hydrogen-bond donors (Lipinski definition) is 1. The molecular formula is C15H23NO. The van der Waals surface area contributed by atoms with Crippen LogP contribution in [0.25, 0.3) is 0 Å². The lowest BCUT2D eigenvalue weighted by atomic mass is 10.1. The van der Waals surface area contributed by atoms with Crippen molar-refractivity contribution >= 4 is 0 Å². The van der Waals surface area contributed by atoms with Gasteiger partial charge >= 0.3 is 0 Å². The molecule has 1 aromatic rings. The van der Waals surface area contributed by atoms with E-state index in [-0.39, 0.29) is 0 Å². The van der Waals surface area contributed by atoms with Gasteiger partial charge in [0.05, 0.1) is 6.10 Å². The Morgan fingerprint density at radius 3 is 3.06 bits per heavy atom. The maximum Gasteiger partial charge on any atom is 0.0588 e. The van der Waals surface area contributed by atoms with E-state index in [9.17, 15) is 0 Å². The van der Waals surface area contributed by atoms with Crippen LogP contribution in [0.1, 0.15) is 43.4 Å². The fourth-order valence-electron chi connectivity index (χ4n) is 2.39. The second-order valence-corrected chi connectivity index (χ2v) is 5.01. The number of rotatable bonds is 5. The Hall–Kier alpha value is -0.860. The number of nitrogens with one attached hydrogen (secondary N) is 1. The van der Waals surface area contributed by atoms with Gasteiger partial charge in [0, 0.05) is 12.6 Å². The van der Waals surface area contributed by atoms with E-state index in [1.165, 1.54) is 24.0 Å². The van der Waals surface area contributed by atoms with Crippen molar-refractivity contribution in [3.8, 4) is 0 Å². The van der Waals surface area contributed by atoms with E-state index in [1.807, 2.05) is 0 Å². The van der Waals surface area contributed by atoms with Crippen LogP contribution in [0.15, 0.2) is 24.3 Å². The van der Waals surface area contributed by atoms with Gasteiger partial charge in [0.25, 0.3) is 0 Å². The zero-order valence-corrected chi connectivity index (χ0v) is 10.9. The Balaban J connectivity index is 1.74. The second-order valence-electron chi connectivity index (χ2n) is 5.01. The van der Waals surface area contributed by atoms with Crippen LogP contribution >= 0.6 is 0 Å². The van der Waals surface area contributed by atoms with Gasteiger partial charge < -0.3 is 10.1 Å². The third kappa shape index (κ3) is 3.83. The first-order chi connectivity index (χ1) is 8.25. The Bertz CT molecular complexity index is 345. The molecule has 1 aromatic carbocycles. The van der Waals surface area contributed by atoms with E-state index in [0.29, 0.717) is 12.1 Å². The normalized spacial score (nSPS) is 21.6. The molecule has 1 fully saturated rings. The van der Waals surface area contributed by atoms with Gasteiger partial charge in [0.15, 0.2) is 0 Å². The molecule has 0 aliphatic carbocycles. The summed E-state index contributed by atoms with van der Waals surface area (Å²) in [5.41, 5.74) is 2.70. The highest BCUT2D eigenvalue weighted by Gasteiger charge is 2.15. The van der Waals surface area contributed by atoms with Crippen molar-refractivity contribution in [3.05, 3.63) is 35.4 Å². The molecule has 2 rings (SSSR count). The van der Waals surface area contributed by atoms with Crippen molar-refractivity contribution < 1.29 is 4.74 Å². The van der Waals surface area contributed by atoms with Gasteiger partial charge in [-0.25, -0.2) is 0 Å². The lowest BCUT2D eigenvalue weighted by molar-refractivity contribution is 0.103. The largest absolute Gasteiger partial charge is 0.378 e. The first-order valence-electron chi connectivity index (χ1n) is 6.67. The molecule has 0 amide bonds. The van der Waals surface area contributed by atoms with Crippen LogP contribution in [0.3, 0.4) is 0 Å². The first kappa shape index (κ1) is 12.6. The standard InChI is InChI=1S/C15H23NO/c1-12-5-3-6-14(11-12)13(2)16-9-8-15-7-4-10-17-15/h3,5-6,11,13,15-16H,4,7-10H2,1-2H3. The average Bonchev–Trinajstić information content (AvgIpc) is 2.82. The Labute approximate surface area is 104 Å². The minimum atomic E-state index is 0.427. The quantitative estimate of drug-likeness (QED) is 0.843. The molecule has 1 aliphatic heterocycles. The van der Waals surface area contributed by atoms with Crippen LogP contribution < -0.4 is 5.32 Å². The SMILES string of the molecule is Cc1cccc(C(C)NCCC2CCCO2)c1. The molecule has 1 N–H and O–H groups in total. The summed E-state index contributed by atoms with van der Waals surface area (Å²) in [6.45, 7) is 6.37. The fourth-order valence-corrected chi connectivity index (χ4v) is 2.39. The summed E-state index contributed by atoms with van der Waals surface area (Å²) in [5.74, 6) is 0. The molecular weight excluding hydrogens is 210 g/mol. The minimum absolute atomic E-state index is 0.427. The monoisotopic (exact) mass is 233 g/mol. The van der Waals surface area contributed by atoms with Crippen LogP contribution in [0, 0.1) is 6.92 Å². The van der Waals surface area contributed by atoms with E-state index in [0.717, 1.165) is 19.6 Å². The lowest BCUT2D eigenvalue weighted by Crippen LogP contribution is -2.23. The van der Waals surface area contributed by atoms with E-state index < -0.39 is 0 Å². The van der Waals surface area contributed by atoms with E-state index in [4.69, 9.17) is 4.74 Å². The van der Waals surface area contributed by atoms with Gasteiger partial charge in [-0.2, -0.15) is 0 Å². The minimum Gasteiger partial charge on any atom is -0.378 e. The molecule has 0 radical (unpaired) electrons. The van der Waals surface area contributed by atoms with Crippen molar-refractivity contribution in [1.29, 1.82) is 0 Å². The van der Waals surface area contributed by atoms with Crippen molar-refractivity contribution in [2.75, 3.05) is 13.2 Å². The molecule has 2 nitrogen and oxygen atoms in total. The first-order valence-corrected chi connectivity index (χ1v) is 6.67. The summed E-state index contributed by atoms with van der Waals surface area (Å²) < 4.78 is 5.62. The van der Waals surface area contributed by atoms with Crippen LogP contribution in [0.5, 0.6) is 0 Å². The summed E-state index contributed by atoms with van der Waals surface area (Å²) in [6.07, 6.45) is 4.10. The van der Waals surface area contributed by atoms with Gasteiger partial charge in [-0.1, -0.05) is 29.8 Å². The Morgan fingerprint density at radius 2 is 2.35 bits per heavy atom. The van der Waals surface area contributed by atoms with Gasteiger partial charge in [-0.3, -0.25) is 0 Å². The van der Waals surface area contributed by atoms with Gasteiger partial charge in [0.2, 0.25) is 0 Å². The molecule has 1 heterocycles. The van der Waals surface area contributed by atoms with Crippen molar-refractivity contribution in [1.82, 2.24) is 5.32 Å². The summed E-state index contributed by atoms with van der Waals surface area (Å²) in [5, 5.41) is 3.57. The van der Waals surface area contributed by atoms with Crippen molar-refractivity contribution in [2.24, 2.45) is 0 Å². The molecule has 2 unspecified atom stereocenters. The molecule has 0 bridgehead atoms. The molecule has 0 saturated carbocycles. The summed E-state index contributed by atoms with van der Waals surface area (Å²) in [7, 11) is 0. The summed E-state index contributed by atoms with van der Waals surface area (Å²) in [6, 6.07) is 9.14. The topological polar surface area (TPSA) is 21.3 Å². The third-order valence-electron chi connectivity index (χ3n) is 3.48. The van der Waals surface area contributed by atoms with E-state index in [1.54, 1.807) is 0 Å².